The van der Waals surface area contributed by atoms with Crippen LogP contribution < -0.4 is 10.1 Å². The average molecular weight is 616 g/mol. The average Bonchev–Trinajstić information content (AvgIpc) is 2.78. The second-order valence-corrected chi connectivity index (χ2v) is 7.97. The van der Waals surface area contributed by atoms with Crippen LogP contribution in [0.2, 0.25) is 10.2 Å². The lowest BCUT2D eigenvalue weighted by molar-refractivity contribution is -0.348. The minimum atomic E-state index is -6.65. The first-order valence-corrected chi connectivity index (χ1v) is 10.7. The van der Waals surface area contributed by atoms with Gasteiger partial charge in [-0.25, -0.2) is 14.2 Å². The van der Waals surface area contributed by atoms with E-state index in [1.807, 2.05) is 0 Å². The molecule has 6 nitrogen and oxygen atoms in total. The van der Waals surface area contributed by atoms with Crippen LogP contribution in [0.25, 0.3) is 5.57 Å². The number of carbonyl (C=O) groups excluding carboxylic acids is 1. The number of esters is 1. The maximum atomic E-state index is 14.5. The summed E-state index contributed by atoms with van der Waals surface area (Å²) in [6.07, 6.45) is -16.6. The first kappa shape index (κ1) is 31.9. The molecule has 0 spiro atoms. The van der Waals surface area contributed by atoms with E-state index in [9.17, 15) is 48.7 Å². The summed E-state index contributed by atoms with van der Waals surface area (Å²) in [7, 11) is 0. The Morgan fingerprint density at radius 1 is 1.03 bits per heavy atom. The maximum Gasteiger partial charge on any atom is 0.573 e. The Hall–Kier alpha value is -3.27. The van der Waals surface area contributed by atoms with Crippen molar-refractivity contribution in [3.05, 3.63) is 57.5 Å². The van der Waals surface area contributed by atoms with Crippen molar-refractivity contribution in [3.63, 3.8) is 0 Å². The molecule has 0 bridgehead atoms. The first-order chi connectivity index (χ1) is 17.8. The molecule has 0 fully saturated rings. The summed E-state index contributed by atoms with van der Waals surface area (Å²) in [6, 6.07) is 0.422. The second kappa shape index (κ2) is 11.5. The third kappa shape index (κ3) is 7.03. The predicted molar refractivity (Wildman–Crippen MR) is 119 cm³/mol. The van der Waals surface area contributed by atoms with Crippen molar-refractivity contribution in [2.45, 2.75) is 31.3 Å². The highest BCUT2D eigenvalue weighted by Gasteiger charge is 2.73. The van der Waals surface area contributed by atoms with Crippen LogP contribution in [0.4, 0.5) is 49.6 Å². The van der Waals surface area contributed by atoms with Gasteiger partial charge in [-0.1, -0.05) is 23.2 Å². The minimum absolute atomic E-state index is 0.0481. The minimum Gasteiger partial charge on any atom is -0.462 e. The fourth-order valence-corrected chi connectivity index (χ4v) is 3.38. The molecule has 0 aliphatic heterocycles. The molecular weight excluding hydrogens is 603 g/mol. The van der Waals surface area contributed by atoms with E-state index < -0.39 is 58.4 Å². The molecule has 2 aromatic rings. The number of halogens is 12. The van der Waals surface area contributed by atoms with E-state index in [-0.39, 0.29) is 34.5 Å². The zero-order valence-electron chi connectivity index (χ0n) is 18.9. The van der Waals surface area contributed by atoms with Crippen molar-refractivity contribution < 1.29 is 58.2 Å². The third-order valence-electron chi connectivity index (χ3n) is 4.65. The summed E-state index contributed by atoms with van der Waals surface area (Å²) >= 11 is 11.5. The molecule has 2 N–H and O–H groups in total. The smallest absolute Gasteiger partial charge is 0.462 e. The first-order valence-electron chi connectivity index (χ1n) is 9.99. The van der Waals surface area contributed by atoms with E-state index in [1.54, 1.807) is 0 Å². The standard InChI is InChI=1S/C21H13Cl2F10N3O3/c1-2-38-17(37)12-3-9(7-36-16(12)23)10(6-34)8-35-15-13(22)4-11(5-14(15)39-21(31,32)33)18(24,19(25,26)27)20(28,29)30/h3-8,34-35H,2H2,1H3/b10-8+,34-6?. The zero-order valence-corrected chi connectivity index (χ0v) is 20.4. The van der Waals surface area contributed by atoms with Gasteiger partial charge in [-0.3, -0.25) is 0 Å². The molecule has 1 heterocycles. The fourth-order valence-electron chi connectivity index (χ4n) is 2.93. The number of alkyl halides is 10. The Morgan fingerprint density at radius 3 is 2.10 bits per heavy atom. The number of allylic oxidation sites excluding steroid dienone is 1. The number of hydrogen-bond acceptors (Lipinski definition) is 6. The molecule has 0 aliphatic rings. The van der Waals surface area contributed by atoms with E-state index in [2.05, 4.69) is 15.0 Å². The summed E-state index contributed by atoms with van der Waals surface area (Å²) in [4.78, 5) is 15.7. The molecule has 18 heteroatoms. The maximum absolute atomic E-state index is 14.5. The van der Waals surface area contributed by atoms with Crippen molar-refractivity contribution in [3.8, 4) is 5.75 Å². The van der Waals surface area contributed by atoms with Crippen LogP contribution >= 0.6 is 23.2 Å². The fraction of sp³-hybridized carbons (Fsp3) is 0.286. The number of anilines is 1. The van der Waals surface area contributed by atoms with E-state index in [1.165, 1.54) is 6.92 Å². The molecule has 1 aromatic carbocycles. The lowest BCUT2D eigenvalue weighted by Crippen LogP contribution is -2.50. The highest BCUT2D eigenvalue weighted by molar-refractivity contribution is 6.34. The quantitative estimate of drug-likeness (QED) is 0.137. The summed E-state index contributed by atoms with van der Waals surface area (Å²) in [5, 5.41) is 8.04. The number of benzene rings is 1. The van der Waals surface area contributed by atoms with Gasteiger partial charge in [0.05, 0.1) is 17.2 Å². The molecule has 0 aliphatic carbocycles. The molecule has 39 heavy (non-hydrogen) atoms. The Labute approximate surface area is 222 Å². The largest absolute Gasteiger partial charge is 0.573 e. The monoisotopic (exact) mass is 615 g/mol. The number of rotatable bonds is 8. The van der Waals surface area contributed by atoms with Crippen LogP contribution in [-0.4, -0.2) is 42.5 Å². The van der Waals surface area contributed by atoms with Crippen LogP contribution in [0.5, 0.6) is 5.75 Å². The normalized spacial score (nSPS) is 13.2. The Morgan fingerprint density at radius 2 is 1.62 bits per heavy atom. The molecule has 0 saturated carbocycles. The molecule has 1 aromatic heterocycles. The lowest BCUT2D eigenvalue weighted by atomic mass is 9.93. The molecule has 2 rings (SSSR count). The van der Waals surface area contributed by atoms with Gasteiger partial charge in [0.25, 0.3) is 0 Å². The molecule has 0 unspecified atom stereocenters. The lowest BCUT2D eigenvalue weighted by Gasteiger charge is -2.31. The van der Waals surface area contributed by atoms with Crippen molar-refractivity contribution in [1.29, 1.82) is 5.41 Å². The van der Waals surface area contributed by atoms with E-state index in [0.29, 0.717) is 6.21 Å². The summed E-state index contributed by atoms with van der Waals surface area (Å²) < 4.78 is 140. The van der Waals surface area contributed by atoms with Crippen LogP contribution in [0, 0.1) is 5.41 Å². The van der Waals surface area contributed by atoms with E-state index in [4.69, 9.17) is 33.3 Å². The van der Waals surface area contributed by atoms with Gasteiger partial charge in [0.1, 0.15) is 10.8 Å². The van der Waals surface area contributed by atoms with Crippen molar-refractivity contribution in [1.82, 2.24) is 4.98 Å². The topological polar surface area (TPSA) is 84.3 Å². The molecule has 0 radical (unpaired) electrons. The molecule has 0 atom stereocenters. The van der Waals surface area contributed by atoms with Gasteiger partial charge in [-0.15, -0.1) is 13.2 Å². The predicted octanol–water partition coefficient (Wildman–Crippen LogP) is 7.86. The van der Waals surface area contributed by atoms with Gasteiger partial charge in [-0.05, 0) is 25.1 Å². The number of aromatic nitrogens is 1. The van der Waals surface area contributed by atoms with E-state index >= 15 is 0 Å². The number of hydrogen-bond donors (Lipinski definition) is 2. The Kier molecular flexibility index (Phi) is 9.38. The van der Waals surface area contributed by atoms with Crippen LogP contribution in [0.1, 0.15) is 28.4 Å². The third-order valence-corrected chi connectivity index (χ3v) is 5.25. The molecule has 214 valence electrons. The molecule has 0 amide bonds. The van der Waals surface area contributed by atoms with Gasteiger partial charge in [0, 0.05) is 35.3 Å². The van der Waals surface area contributed by atoms with Crippen molar-refractivity contribution in [2.75, 3.05) is 11.9 Å². The second-order valence-electron chi connectivity index (χ2n) is 7.20. The van der Waals surface area contributed by atoms with Crippen LogP contribution in [-0.2, 0) is 10.4 Å². The van der Waals surface area contributed by atoms with Crippen molar-refractivity contribution in [2.24, 2.45) is 0 Å². The van der Waals surface area contributed by atoms with Gasteiger partial charge in [0.15, 0.2) is 5.75 Å². The van der Waals surface area contributed by atoms with Gasteiger partial charge in [0.2, 0.25) is 0 Å². The van der Waals surface area contributed by atoms with E-state index in [0.717, 1.165) is 18.5 Å². The number of carbonyl (C=O) groups is 1. The van der Waals surface area contributed by atoms with Crippen molar-refractivity contribution >= 4 is 46.6 Å². The zero-order chi connectivity index (χ0) is 30.0. The summed E-state index contributed by atoms with van der Waals surface area (Å²) in [5.41, 5.74) is -10.1. The Balaban J connectivity index is 2.68. The van der Waals surface area contributed by atoms with Gasteiger partial charge < -0.3 is 20.2 Å². The highest BCUT2D eigenvalue weighted by atomic mass is 35.5. The van der Waals surface area contributed by atoms with Gasteiger partial charge >= 0.3 is 30.4 Å². The highest BCUT2D eigenvalue weighted by Crippen LogP contribution is 2.55. The number of ether oxygens (including phenoxy) is 2. The summed E-state index contributed by atoms with van der Waals surface area (Å²) in [5.74, 6) is -2.68. The summed E-state index contributed by atoms with van der Waals surface area (Å²) in [6.45, 7) is 1.44. The van der Waals surface area contributed by atoms with Gasteiger partial charge in [-0.2, -0.15) is 26.3 Å². The van der Waals surface area contributed by atoms with Crippen LogP contribution in [0.15, 0.2) is 30.6 Å². The van der Waals surface area contributed by atoms with Crippen LogP contribution in [0.3, 0.4) is 0 Å². The molecular formula is C21H13Cl2F10N3O3. The number of nitrogens with zero attached hydrogens (tertiary/aromatic N) is 1. The number of nitrogens with one attached hydrogen (secondary N) is 2. The number of pyridine rings is 1. The Bertz CT molecular complexity index is 1260. The SMILES string of the molecule is CCOC(=O)c1cc(/C(C=N)=C/Nc2c(Cl)cc(C(F)(C(F)(F)F)C(F)(F)F)cc2OC(F)(F)F)cnc1Cl. The molecule has 0 saturated heterocycles.